The molecule has 1 heterocycles. The third-order valence-electron chi connectivity index (χ3n) is 3.00. The number of alkyl halides is 1. The van der Waals surface area contributed by atoms with Crippen LogP contribution in [0.3, 0.4) is 0 Å². The Kier molecular flexibility index (Phi) is 2.72. The Morgan fingerprint density at radius 1 is 1.62 bits per heavy atom. The van der Waals surface area contributed by atoms with E-state index >= 15 is 0 Å². The summed E-state index contributed by atoms with van der Waals surface area (Å²) >= 11 is 3.43. The monoisotopic (exact) mass is 243 g/mol. The van der Waals surface area contributed by atoms with Crippen LogP contribution >= 0.6 is 15.9 Å². The number of rotatable bonds is 2. The zero-order chi connectivity index (χ0) is 9.26. The van der Waals surface area contributed by atoms with E-state index < -0.39 is 0 Å². The zero-order valence-electron chi connectivity index (χ0n) is 7.79. The second kappa shape index (κ2) is 3.82. The van der Waals surface area contributed by atoms with Crippen LogP contribution < -0.4 is 0 Å². The van der Waals surface area contributed by atoms with E-state index in [9.17, 15) is 0 Å². The lowest BCUT2D eigenvalue weighted by molar-refractivity contribution is 0.410. The van der Waals surface area contributed by atoms with Crippen LogP contribution in [0, 0.1) is 5.92 Å². The van der Waals surface area contributed by atoms with Crippen LogP contribution in [-0.2, 0) is 5.33 Å². The maximum absolute atomic E-state index is 5.47. The molecule has 1 aromatic rings. The van der Waals surface area contributed by atoms with Gasteiger partial charge in [-0.3, -0.25) is 0 Å². The standard InChI is InChI=1S/C10H14BrNO/c1-7-3-2-4-8(7)10-9(5-11)12-6-13-10/h6-8H,2-5H2,1H3. The summed E-state index contributed by atoms with van der Waals surface area (Å²) in [6, 6.07) is 0. The third-order valence-corrected chi connectivity index (χ3v) is 3.53. The fourth-order valence-electron chi connectivity index (χ4n) is 2.22. The Morgan fingerprint density at radius 3 is 3.08 bits per heavy atom. The van der Waals surface area contributed by atoms with E-state index in [1.165, 1.54) is 19.3 Å². The van der Waals surface area contributed by atoms with Gasteiger partial charge in [0, 0.05) is 11.2 Å². The quantitative estimate of drug-likeness (QED) is 0.744. The smallest absolute Gasteiger partial charge is 0.181 e. The molecule has 0 spiro atoms. The van der Waals surface area contributed by atoms with Gasteiger partial charge in [-0.1, -0.05) is 29.3 Å². The number of hydrogen-bond donors (Lipinski definition) is 0. The second-order valence-corrected chi connectivity index (χ2v) is 4.37. The molecule has 0 aliphatic heterocycles. The molecule has 2 atom stereocenters. The molecule has 1 fully saturated rings. The van der Waals surface area contributed by atoms with Crippen molar-refractivity contribution >= 4 is 15.9 Å². The van der Waals surface area contributed by atoms with Gasteiger partial charge >= 0.3 is 0 Å². The van der Waals surface area contributed by atoms with Crippen LogP contribution in [0.4, 0.5) is 0 Å². The number of oxazole rings is 1. The predicted octanol–water partition coefficient (Wildman–Crippen LogP) is 3.47. The predicted molar refractivity (Wildman–Crippen MR) is 54.9 cm³/mol. The first-order valence-electron chi connectivity index (χ1n) is 4.81. The van der Waals surface area contributed by atoms with Crippen molar-refractivity contribution in [2.75, 3.05) is 0 Å². The molecule has 0 bridgehead atoms. The Bertz CT molecular complexity index is 284. The highest BCUT2D eigenvalue weighted by Gasteiger charge is 2.29. The highest BCUT2D eigenvalue weighted by atomic mass is 79.9. The maximum atomic E-state index is 5.47. The highest BCUT2D eigenvalue weighted by molar-refractivity contribution is 9.08. The summed E-state index contributed by atoms with van der Waals surface area (Å²) in [5.74, 6) is 2.47. The van der Waals surface area contributed by atoms with Crippen LogP contribution in [0.25, 0.3) is 0 Å². The fraction of sp³-hybridized carbons (Fsp3) is 0.700. The molecule has 2 rings (SSSR count). The van der Waals surface area contributed by atoms with Crippen molar-refractivity contribution in [3.8, 4) is 0 Å². The number of halogens is 1. The van der Waals surface area contributed by atoms with E-state index in [1.807, 2.05) is 0 Å². The second-order valence-electron chi connectivity index (χ2n) is 3.81. The van der Waals surface area contributed by atoms with Crippen molar-refractivity contribution in [1.29, 1.82) is 0 Å². The molecule has 1 aliphatic carbocycles. The number of aromatic nitrogens is 1. The Hall–Kier alpha value is -0.310. The Morgan fingerprint density at radius 2 is 2.46 bits per heavy atom. The van der Waals surface area contributed by atoms with Gasteiger partial charge in [-0.05, 0) is 18.8 Å². The molecule has 0 saturated heterocycles. The molecule has 13 heavy (non-hydrogen) atoms. The van der Waals surface area contributed by atoms with Gasteiger partial charge in [-0.15, -0.1) is 0 Å². The molecule has 3 heteroatoms. The number of hydrogen-bond acceptors (Lipinski definition) is 2. The first-order chi connectivity index (χ1) is 6.33. The van der Waals surface area contributed by atoms with Crippen LogP contribution in [-0.4, -0.2) is 4.98 Å². The molecular formula is C10H14BrNO. The van der Waals surface area contributed by atoms with Crippen LogP contribution in [0.1, 0.15) is 43.6 Å². The van der Waals surface area contributed by atoms with Crippen molar-refractivity contribution in [3.63, 3.8) is 0 Å². The van der Waals surface area contributed by atoms with E-state index in [4.69, 9.17) is 4.42 Å². The topological polar surface area (TPSA) is 26.0 Å². The van der Waals surface area contributed by atoms with Gasteiger partial charge in [-0.25, -0.2) is 4.98 Å². The molecule has 1 aliphatic rings. The van der Waals surface area contributed by atoms with E-state index in [2.05, 4.69) is 27.8 Å². The molecule has 72 valence electrons. The van der Waals surface area contributed by atoms with Crippen LogP contribution in [0.15, 0.2) is 10.8 Å². The minimum absolute atomic E-state index is 0.607. The molecule has 0 amide bonds. The molecule has 0 N–H and O–H groups in total. The summed E-state index contributed by atoms with van der Waals surface area (Å²) in [6.07, 6.45) is 5.48. The Balaban J connectivity index is 2.23. The average Bonchev–Trinajstić information content (AvgIpc) is 2.71. The van der Waals surface area contributed by atoms with Crippen LogP contribution in [0.5, 0.6) is 0 Å². The van der Waals surface area contributed by atoms with Crippen molar-refractivity contribution in [1.82, 2.24) is 4.98 Å². The Labute approximate surface area is 86.9 Å². The van der Waals surface area contributed by atoms with E-state index in [-0.39, 0.29) is 0 Å². The first-order valence-corrected chi connectivity index (χ1v) is 5.93. The lowest BCUT2D eigenvalue weighted by Crippen LogP contribution is -2.03. The molecule has 0 radical (unpaired) electrons. The molecule has 1 saturated carbocycles. The lowest BCUT2D eigenvalue weighted by atomic mass is 9.94. The maximum Gasteiger partial charge on any atom is 0.181 e. The zero-order valence-corrected chi connectivity index (χ0v) is 9.38. The van der Waals surface area contributed by atoms with Crippen molar-refractivity contribution < 1.29 is 4.42 Å². The van der Waals surface area contributed by atoms with Gasteiger partial charge in [0.2, 0.25) is 0 Å². The van der Waals surface area contributed by atoms with Gasteiger partial charge in [0.1, 0.15) is 5.76 Å². The summed E-state index contributed by atoms with van der Waals surface area (Å²) in [7, 11) is 0. The van der Waals surface area contributed by atoms with Gasteiger partial charge in [0.25, 0.3) is 0 Å². The lowest BCUT2D eigenvalue weighted by Gasteiger charge is -2.12. The summed E-state index contributed by atoms with van der Waals surface area (Å²) in [5.41, 5.74) is 1.08. The van der Waals surface area contributed by atoms with Crippen LogP contribution in [0.2, 0.25) is 0 Å². The minimum Gasteiger partial charge on any atom is -0.448 e. The highest BCUT2D eigenvalue weighted by Crippen LogP contribution is 2.40. The molecule has 2 unspecified atom stereocenters. The fourth-order valence-corrected chi connectivity index (χ4v) is 2.64. The van der Waals surface area contributed by atoms with E-state index in [0.717, 1.165) is 22.7 Å². The van der Waals surface area contributed by atoms with E-state index in [0.29, 0.717) is 5.92 Å². The normalized spacial score (nSPS) is 28.2. The number of nitrogens with zero attached hydrogens (tertiary/aromatic N) is 1. The SMILES string of the molecule is CC1CCCC1c1ocnc1CBr. The van der Waals surface area contributed by atoms with E-state index in [1.54, 1.807) is 6.39 Å². The molecule has 0 aromatic carbocycles. The minimum atomic E-state index is 0.607. The molecule has 2 nitrogen and oxygen atoms in total. The van der Waals surface area contributed by atoms with Gasteiger partial charge in [0.05, 0.1) is 5.69 Å². The van der Waals surface area contributed by atoms with Gasteiger partial charge < -0.3 is 4.42 Å². The summed E-state index contributed by atoms with van der Waals surface area (Å²) in [5, 5.41) is 0.808. The largest absolute Gasteiger partial charge is 0.448 e. The van der Waals surface area contributed by atoms with Gasteiger partial charge in [-0.2, -0.15) is 0 Å². The molecule has 1 aromatic heterocycles. The van der Waals surface area contributed by atoms with Crippen molar-refractivity contribution in [2.45, 2.75) is 37.4 Å². The molecular weight excluding hydrogens is 230 g/mol. The van der Waals surface area contributed by atoms with Gasteiger partial charge in [0.15, 0.2) is 6.39 Å². The summed E-state index contributed by atoms with van der Waals surface area (Å²) in [4.78, 5) is 4.20. The average molecular weight is 244 g/mol. The summed E-state index contributed by atoms with van der Waals surface area (Å²) < 4.78 is 5.47. The summed E-state index contributed by atoms with van der Waals surface area (Å²) in [6.45, 7) is 2.30. The van der Waals surface area contributed by atoms with Crippen molar-refractivity contribution in [3.05, 3.63) is 17.8 Å². The van der Waals surface area contributed by atoms with Crippen molar-refractivity contribution in [2.24, 2.45) is 5.92 Å². The first kappa shape index (κ1) is 9.25. The third kappa shape index (κ3) is 1.66.